The van der Waals surface area contributed by atoms with Crippen LogP contribution in [0.2, 0.25) is 0 Å². The van der Waals surface area contributed by atoms with Gasteiger partial charge >= 0.3 is 0 Å². The van der Waals surface area contributed by atoms with E-state index in [1.54, 1.807) is 0 Å². The Morgan fingerprint density at radius 1 is 0.367 bits per heavy atom. The summed E-state index contributed by atoms with van der Waals surface area (Å²) in [7, 11) is 0. The summed E-state index contributed by atoms with van der Waals surface area (Å²) >= 11 is 0. The lowest BCUT2D eigenvalue weighted by molar-refractivity contribution is -0.256. The first-order chi connectivity index (χ1) is 24.3. The second kappa shape index (κ2) is 18.1. The van der Waals surface area contributed by atoms with Gasteiger partial charge in [0.25, 0.3) is 0 Å². The summed E-state index contributed by atoms with van der Waals surface area (Å²) < 4.78 is 33.8. The monoisotopic (exact) mass is 655 g/mol. The summed E-state index contributed by atoms with van der Waals surface area (Å²) in [5.41, 5.74) is 14.9. The second-order valence-corrected chi connectivity index (χ2v) is 12.0. The second-order valence-electron chi connectivity index (χ2n) is 12.0. The maximum Gasteiger partial charge on any atom is 0.115 e. The molecule has 0 amide bonds. The van der Waals surface area contributed by atoms with Crippen LogP contribution in [-0.2, 0) is 56.7 Å². The summed E-state index contributed by atoms with van der Waals surface area (Å²) in [5.74, 6) is 0. The molecule has 1 saturated carbocycles. The molecule has 5 aromatic carbocycles. The molecule has 0 radical (unpaired) electrons. The Hall–Kier alpha value is -4.79. The molecule has 0 bridgehead atoms. The largest absolute Gasteiger partial charge is 0.370 e. The standard InChI is InChI=1S/C41H41N3O5/c42-44-43-36-37(45-26-31-16-6-1-7-17-31)39(47-28-33-20-10-3-11-21-33)41(49-30-35-24-14-5-15-25-35)40(48-29-34-22-12-4-13-23-34)38(36)46-27-32-18-8-2-9-19-32/h1-25,36-41H,26-30H2/t36?,37-,38+,39+,40-,41?. The van der Waals surface area contributed by atoms with Crippen LogP contribution in [0.3, 0.4) is 0 Å². The molecule has 49 heavy (non-hydrogen) atoms. The highest BCUT2D eigenvalue weighted by atomic mass is 16.6. The van der Waals surface area contributed by atoms with E-state index in [1.165, 1.54) is 0 Å². The van der Waals surface area contributed by atoms with Crippen molar-refractivity contribution in [3.8, 4) is 0 Å². The number of ether oxygens (including phenoxy) is 5. The van der Waals surface area contributed by atoms with Gasteiger partial charge in [0.2, 0.25) is 0 Å². The average Bonchev–Trinajstić information content (AvgIpc) is 3.17. The van der Waals surface area contributed by atoms with E-state index in [2.05, 4.69) is 10.0 Å². The van der Waals surface area contributed by atoms with Gasteiger partial charge in [-0.15, -0.1) is 0 Å². The Kier molecular flexibility index (Phi) is 12.6. The molecule has 6 atom stereocenters. The molecular weight excluding hydrogens is 614 g/mol. The lowest BCUT2D eigenvalue weighted by Crippen LogP contribution is -2.66. The zero-order chi connectivity index (χ0) is 33.5. The van der Waals surface area contributed by atoms with E-state index in [1.807, 2.05) is 152 Å². The van der Waals surface area contributed by atoms with E-state index < -0.39 is 36.6 Å². The average molecular weight is 656 g/mol. The third kappa shape index (κ3) is 9.65. The predicted octanol–water partition coefficient (Wildman–Crippen LogP) is 8.61. The van der Waals surface area contributed by atoms with Crippen LogP contribution in [0, 0.1) is 0 Å². The van der Waals surface area contributed by atoms with Crippen LogP contribution in [0.15, 0.2) is 157 Å². The van der Waals surface area contributed by atoms with Gasteiger partial charge in [0.1, 0.15) is 18.3 Å². The number of azide groups is 1. The van der Waals surface area contributed by atoms with Crippen molar-refractivity contribution in [3.63, 3.8) is 0 Å². The van der Waals surface area contributed by atoms with Crippen LogP contribution in [-0.4, -0.2) is 36.6 Å². The topological polar surface area (TPSA) is 94.9 Å². The minimum absolute atomic E-state index is 0.278. The number of hydrogen-bond donors (Lipinski definition) is 0. The predicted molar refractivity (Wildman–Crippen MR) is 188 cm³/mol. The van der Waals surface area contributed by atoms with E-state index in [9.17, 15) is 5.53 Å². The summed E-state index contributed by atoms with van der Waals surface area (Å²) in [5, 5.41) is 4.35. The normalized spacial score (nSPS) is 21.9. The molecule has 250 valence electrons. The van der Waals surface area contributed by atoms with Crippen LogP contribution in [0.1, 0.15) is 27.8 Å². The molecule has 0 aromatic heterocycles. The molecular formula is C41H41N3O5. The molecule has 0 spiro atoms. The SMILES string of the molecule is [N-]=[N+]=NC1[C@@H](OCc2ccccc2)[C@H](OCc2ccccc2)C(OCc2ccccc2)[C@H](OCc2ccccc2)[C@H]1OCc1ccccc1. The quantitative estimate of drug-likeness (QED) is 0.0603. The first-order valence-corrected chi connectivity index (χ1v) is 16.6. The van der Waals surface area contributed by atoms with Crippen LogP contribution < -0.4 is 0 Å². The van der Waals surface area contributed by atoms with Gasteiger partial charge in [0.05, 0.1) is 51.3 Å². The Bertz CT molecular complexity index is 1610. The fourth-order valence-electron chi connectivity index (χ4n) is 6.12. The highest BCUT2D eigenvalue weighted by Crippen LogP contribution is 2.36. The van der Waals surface area contributed by atoms with E-state index in [4.69, 9.17) is 23.7 Å². The maximum atomic E-state index is 9.97. The van der Waals surface area contributed by atoms with Crippen molar-refractivity contribution in [2.45, 2.75) is 69.6 Å². The van der Waals surface area contributed by atoms with Gasteiger partial charge in [-0.1, -0.05) is 157 Å². The van der Waals surface area contributed by atoms with Crippen LogP contribution in [0.25, 0.3) is 10.4 Å². The van der Waals surface area contributed by atoms with Crippen molar-refractivity contribution >= 4 is 0 Å². The summed E-state index contributed by atoms with van der Waals surface area (Å²) in [6, 6.07) is 49.0. The molecule has 0 aliphatic heterocycles. The van der Waals surface area contributed by atoms with Crippen molar-refractivity contribution in [3.05, 3.63) is 190 Å². The molecule has 1 fully saturated rings. The van der Waals surface area contributed by atoms with Gasteiger partial charge in [-0.25, -0.2) is 0 Å². The van der Waals surface area contributed by atoms with E-state index in [-0.39, 0.29) is 13.2 Å². The summed E-state index contributed by atoms with van der Waals surface area (Å²) in [4.78, 5) is 3.31. The van der Waals surface area contributed by atoms with Gasteiger partial charge in [-0.3, -0.25) is 0 Å². The number of nitrogens with zero attached hydrogens (tertiary/aromatic N) is 3. The van der Waals surface area contributed by atoms with E-state index >= 15 is 0 Å². The van der Waals surface area contributed by atoms with Crippen molar-refractivity contribution in [2.24, 2.45) is 5.11 Å². The van der Waals surface area contributed by atoms with Crippen LogP contribution in [0.5, 0.6) is 0 Å². The van der Waals surface area contributed by atoms with Gasteiger partial charge < -0.3 is 23.7 Å². The van der Waals surface area contributed by atoms with E-state index in [0.717, 1.165) is 27.8 Å². The van der Waals surface area contributed by atoms with Gasteiger partial charge in [-0.2, -0.15) is 0 Å². The summed E-state index contributed by atoms with van der Waals surface area (Å²) in [6.45, 7) is 1.46. The fraction of sp³-hybridized carbons (Fsp3) is 0.268. The molecule has 5 aromatic rings. The molecule has 2 unspecified atom stereocenters. The van der Waals surface area contributed by atoms with Crippen molar-refractivity contribution in [2.75, 3.05) is 0 Å². The molecule has 8 heteroatoms. The van der Waals surface area contributed by atoms with Gasteiger partial charge in [-0.05, 0) is 33.3 Å². The molecule has 0 heterocycles. The van der Waals surface area contributed by atoms with Crippen molar-refractivity contribution < 1.29 is 23.7 Å². The third-order valence-electron chi connectivity index (χ3n) is 8.58. The first-order valence-electron chi connectivity index (χ1n) is 16.6. The van der Waals surface area contributed by atoms with Gasteiger partial charge in [0, 0.05) is 4.91 Å². The van der Waals surface area contributed by atoms with Crippen molar-refractivity contribution in [1.29, 1.82) is 0 Å². The molecule has 1 aliphatic carbocycles. The minimum Gasteiger partial charge on any atom is -0.370 e. The highest BCUT2D eigenvalue weighted by Gasteiger charge is 2.54. The Balaban J connectivity index is 1.40. The maximum absolute atomic E-state index is 9.97. The first kappa shape index (κ1) is 34.1. The van der Waals surface area contributed by atoms with E-state index in [0.29, 0.717) is 19.8 Å². The Morgan fingerprint density at radius 3 is 0.837 bits per heavy atom. The number of rotatable bonds is 16. The smallest absolute Gasteiger partial charge is 0.115 e. The molecule has 0 saturated heterocycles. The molecule has 8 nitrogen and oxygen atoms in total. The zero-order valence-electron chi connectivity index (χ0n) is 27.3. The van der Waals surface area contributed by atoms with Crippen LogP contribution >= 0.6 is 0 Å². The lowest BCUT2D eigenvalue weighted by atomic mass is 9.82. The Labute approximate surface area is 287 Å². The summed E-state index contributed by atoms with van der Waals surface area (Å²) in [6.07, 6.45) is -3.46. The van der Waals surface area contributed by atoms with Crippen LogP contribution in [0.4, 0.5) is 0 Å². The molecule has 1 aliphatic rings. The number of hydrogen-bond acceptors (Lipinski definition) is 6. The highest BCUT2D eigenvalue weighted by molar-refractivity contribution is 5.19. The zero-order valence-corrected chi connectivity index (χ0v) is 27.3. The number of benzene rings is 5. The third-order valence-corrected chi connectivity index (χ3v) is 8.58. The fourth-order valence-corrected chi connectivity index (χ4v) is 6.12. The van der Waals surface area contributed by atoms with Crippen molar-refractivity contribution in [1.82, 2.24) is 0 Å². The molecule has 0 N–H and O–H groups in total. The minimum atomic E-state index is -0.796. The Morgan fingerprint density at radius 2 is 0.592 bits per heavy atom. The molecule has 6 rings (SSSR count). The lowest BCUT2D eigenvalue weighted by Gasteiger charge is -2.49. The van der Waals surface area contributed by atoms with Gasteiger partial charge in [0.15, 0.2) is 0 Å².